The van der Waals surface area contributed by atoms with Gasteiger partial charge in [-0.15, -0.1) is 0 Å². The molecule has 1 amide bonds. The number of rotatable bonds is 4. The number of amides is 1. The van der Waals surface area contributed by atoms with Crippen molar-refractivity contribution in [2.24, 2.45) is 0 Å². The molecule has 0 aliphatic carbocycles. The zero-order chi connectivity index (χ0) is 19.7. The molecule has 28 heavy (non-hydrogen) atoms. The number of ether oxygens (including phenoxy) is 1. The number of methoxy groups -OCH3 is 1. The molecule has 0 atom stereocenters. The van der Waals surface area contributed by atoms with Crippen LogP contribution in [0.25, 0.3) is 16.8 Å². The summed E-state index contributed by atoms with van der Waals surface area (Å²) in [5.41, 5.74) is 2.30. The van der Waals surface area contributed by atoms with E-state index in [1.165, 1.54) is 54.4 Å². The molecule has 140 valence electrons. The van der Waals surface area contributed by atoms with Crippen LogP contribution >= 0.6 is 0 Å². The second kappa shape index (κ2) is 7.07. The standard InChI is InChI=1S/C20H14F2N4O2/c1-28-17-10-16(25-20(27)13-4-8-15(22)9-5-13)18(19-23-11-24-26(17)19)12-2-6-14(21)7-3-12/h2-11H,1H3,(H,25,27). The Hall–Kier alpha value is -3.81. The van der Waals surface area contributed by atoms with Gasteiger partial charge in [0.05, 0.1) is 18.4 Å². The molecule has 4 aromatic rings. The van der Waals surface area contributed by atoms with Gasteiger partial charge >= 0.3 is 0 Å². The Balaban J connectivity index is 1.86. The average molecular weight is 380 g/mol. The van der Waals surface area contributed by atoms with Gasteiger partial charge in [-0.25, -0.2) is 13.8 Å². The highest BCUT2D eigenvalue weighted by atomic mass is 19.1. The molecular formula is C20H14F2N4O2. The zero-order valence-electron chi connectivity index (χ0n) is 14.7. The number of halogens is 2. The summed E-state index contributed by atoms with van der Waals surface area (Å²) >= 11 is 0. The van der Waals surface area contributed by atoms with Crippen molar-refractivity contribution in [3.63, 3.8) is 0 Å². The van der Waals surface area contributed by atoms with Crippen LogP contribution in [0.3, 0.4) is 0 Å². The summed E-state index contributed by atoms with van der Waals surface area (Å²) in [5.74, 6) is -0.899. The smallest absolute Gasteiger partial charge is 0.255 e. The minimum absolute atomic E-state index is 0.284. The molecule has 6 nitrogen and oxygen atoms in total. The van der Waals surface area contributed by atoms with Gasteiger partial charge < -0.3 is 10.1 Å². The molecule has 1 N–H and O–H groups in total. The molecule has 0 spiro atoms. The molecule has 0 fully saturated rings. The minimum Gasteiger partial charge on any atom is -0.481 e. The van der Waals surface area contributed by atoms with Gasteiger partial charge in [0.15, 0.2) is 5.65 Å². The van der Waals surface area contributed by atoms with Crippen molar-refractivity contribution >= 4 is 17.2 Å². The van der Waals surface area contributed by atoms with Gasteiger partial charge in [-0.1, -0.05) is 12.1 Å². The Morgan fingerprint density at radius 1 is 1.04 bits per heavy atom. The van der Waals surface area contributed by atoms with Crippen molar-refractivity contribution < 1.29 is 18.3 Å². The fraction of sp³-hybridized carbons (Fsp3) is 0.0500. The van der Waals surface area contributed by atoms with Gasteiger partial charge in [0.25, 0.3) is 5.91 Å². The molecule has 0 aliphatic heterocycles. The molecule has 0 saturated carbocycles. The Labute approximate surface area is 158 Å². The Morgan fingerprint density at radius 3 is 2.32 bits per heavy atom. The van der Waals surface area contributed by atoms with E-state index in [1.807, 2.05) is 0 Å². The third kappa shape index (κ3) is 3.16. The third-order valence-corrected chi connectivity index (χ3v) is 4.21. The lowest BCUT2D eigenvalue weighted by Crippen LogP contribution is -2.14. The summed E-state index contributed by atoms with van der Waals surface area (Å²) in [6.45, 7) is 0. The number of nitrogens with one attached hydrogen (secondary N) is 1. The largest absolute Gasteiger partial charge is 0.481 e. The second-order valence-electron chi connectivity index (χ2n) is 5.94. The monoisotopic (exact) mass is 380 g/mol. The van der Waals surface area contributed by atoms with Crippen molar-refractivity contribution in [3.05, 3.63) is 78.1 Å². The van der Waals surface area contributed by atoms with Gasteiger partial charge in [-0.05, 0) is 42.0 Å². The fourth-order valence-corrected chi connectivity index (χ4v) is 2.89. The molecule has 0 aliphatic rings. The third-order valence-electron chi connectivity index (χ3n) is 4.21. The van der Waals surface area contributed by atoms with Gasteiger partial charge in [0, 0.05) is 11.6 Å². The Kier molecular flexibility index (Phi) is 4.44. The van der Waals surface area contributed by atoms with Crippen LogP contribution < -0.4 is 10.1 Å². The molecule has 2 heterocycles. The van der Waals surface area contributed by atoms with E-state index in [0.29, 0.717) is 28.3 Å². The van der Waals surface area contributed by atoms with Crippen LogP contribution in [0.15, 0.2) is 60.9 Å². The minimum atomic E-state index is -0.436. The molecule has 0 radical (unpaired) electrons. The van der Waals surface area contributed by atoms with Gasteiger partial charge in [0.1, 0.15) is 18.0 Å². The Bertz CT molecular complexity index is 1160. The Morgan fingerprint density at radius 2 is 1.68 bits per heavy atom. The number of anilines is 1. The van der Waals surface area contributed by atoms with Crippen molar-refractivity contribution in [2.75, 3.05) is 12.4 Å². The van der Waals surface area contributed by atoms with Gasteiger partial charge in [-0.2, -0.15) is 9.61 Å². The predicted octanol–water partition coefficient (Wildman–Crippen LogP) is 3.94. The van der Waals surface area contributed by atoms with E-state index in [9.17, 15) is 13.6 Å². The molecular weight excluding hydrogens is 366 g/mol. The quantitative estimate of drug-likeness (QED) is 0.582. The van der Waals surface area contributed by atoms with Crippen molar-refractivity contribution in [1.82, 2.24) is 14.6 Å². The number of carbonyl (C=O) groups is 1. The first-order chi connectivity index (χ1) is 13.6. The van der Waals surface area contributed by atoms with Crippen molar-refractivity contribution in [3.8, 4) is 17.0 Å². The normalized spacial score (nSPS) is 10.8. The first-order valence-corrected chi connectivity index (χ1v) is 8.30. The lowest BCUT2D eigenvalue weighted by Gasteiger charge is -2.15. The number of pyridine rings is 1. The van der Waals surface area contributed by atoms with E-state index in [2.05, 4.69) is 15.4 Å². The molecule has 2 aromatic heterocycles. The number of benzene rings is 2. The van der Waals surface area contributed by atoms with Crippen LogP contribution in [0.1, 0.15) is 10.4 Å². The van der Waals surface area contributed by atoms with Crippen LogP contribution in [0.2, 0.25) is 0 Å². The van der Waals surface area contributed by atoms with E-state index < -0.39 is 11.7 Å². The van der Waals surface area contributed by atoms with Gasteiger partial charge in [0.2, 0.25) is 5.88 Å². The van der Waals surface area contributed by atoms with Crippen molar-refractivity contribution in [1.29, 1.82) is 0 Å². The predicted molar refractivity (Wildman–Crippen MR) is 99.3 cm³/mol. The van der Waals surface area contributed by atoms with Crippen LogP contribution in [-0.4, -0.2) is 27.6 Å². The average Bonchev–Trinajstić information content (AvgIpc) is 3.18. The van der Waals surface area contributed by atoms with E-state index in [1.54, 1.807) is 18.2 Å². The van der Waals surface area contributed by atoms with Crippen LogP contribution in [0, 0.1) is 11.6 Å². The number of hydrogen-bond donors (Lipinski definition) is 1. The molecule has 0 bridgehead atoms. The number of fused-ring (bicyclic) bond motifs is 1. The second-order valence-corrected chi connectivity index (χ2v) is 5.94. The van der Waals surface area contributed by atoms with Gasteiger partial charge in [-0.3, -0.25) is 4.79 Å². The molecule has 0 saturated heterocycles. The van der Waals surface area contributed by atoms with Crippen LogP contribution in [0.5, 0.6) is 5.88 Å². The van der Waals surface area contributed by atoms with Crippen LogP contribution in [-0.2, 0) is 0 Å². The number of hydrogen-bond acceptors (Lipinski definition) is 4. The van der Waals surface area contributed by atoms with E-state index in [-0.39, 0.29) is 11.4 Å². The van der Waals surface area contributed by atoms with Crippen LogP contribution in [0.4, 0.5) is 14.5 Å². The summed E-state index contributed by atoms with van der Waals surface area (Å²) in [6, 6.07) is 12.6. The number of aromatic nitrogens is 3. The maximum Gasteiger partial charge on any atom is 0.255 e. The highest BCUT2D eigenvalue weighted by Gasteiger charge is 2.19. The molecule has 2 aromatic carbocycles. The summed E-state index contributed by atoms with van der Waals surface area (Å²) in [6.07, 6.45) is 1.36. The lowest BCUT2D eigenvalue weighted by molar-refractivity contribution is 0.102. The summed E-state index contributed by atoms with van der Waals surface area (Å²) < 4.78 is 33.3. The lowest BCUT2D eigenvalue weighted by atomic mass is 10.0. The van der Waals surface area contributed by atoms with Crippen molar-refractivity contribution in [2.45, 2.75) is 0 Å². The molecule has 4 rings (SSSR count). The first kappa shape index (κ1) is 17.6. The number of carbonyl (C=O) groups excluding carboxylic acids is 1. The topological polar surface area (TPSA) is 68.5 Å². The highest BCUT2D eigenvalue weighted by molar-refractivity contribution is 6.07. The van der Waals surface area contributed by atoms with E-state index >= 15 is 0 Å². The maximum atomic E-state index is 13.4. The first-order valence-electron chi connectivity index (χ1n) is 8.30. The highest BCUT2D eigenvalue weighted by Crippen LogP contribution is 2.35. The molecule has 0 unspecified atom stereocenters. The zero-order valence-corrected chi connectivity index (χ0v) is 14.7. The summed E-state index contributed by atoms with van der Waals surface area (Å²) in [7, 11) is 1.47. The summed E-state index contributed by atoms with van der Waals surface area (Å²) in [4.78, 5) is 16.9. The van der Waals surface area contributed by atoms with E-state index in [0.717, 1.165) is 0 Å². The fourth-order valence-electron chi connectivity index (χ4n) is 2.89. The summed E-state index contributed by atoms with van der Waals surface area (Å²) in [5, 5.41) is 6.93. The number of nitrogens with zero attached hydrogens (tertiary/aromatic N) is 3. The van der Waals surface area contributed by atoms with E-state index in [4.69, 9.17) is 4.74 Å². The SMILES string of the molecule is COc1cc(NC(=O)c2ccc(F)cc2)c(-c2ccc(F)cc2)c2ncnn12. The maximum absolute atomic E-state index is 13.4. The molecule has 8 heteroatoms.